The van der Waals surface area contributed by atoms with Crippen LogP contribution in [0.3, 0.4) is 0 Å². The Bertz CT molecular complexity index is 1450. The first-order chi connectivity index (χ1) is 19.1. The fourth-order valence-electron chi connectivity index (χ4n) is 4.04. The second kappa shape index (κ2) is 12.6. The van der Waals surface area contributed by atoms with Crippen molar-refractivity contribution in [3.8, 4) is 5.75 Å². The lowest BCUT2D eigenvalue weighted by Gasteiger charge is -2.18. The number of ether oxygens (including phenoxy) is 1. The average Bonchev–Trinajstić information content (AvgIpc) is 3.35. The van der Waals surface area contributed by atoms with E-state index in [0.717, 1.165) is 19.5 Å². The van der Waals surface area contributed by atoms with Gasteiger partial charge in [0, 0.05) is 32.9 Å². The number of para-hydroxylation sites is 1. The van der Waals surface area contributed by atoms with E-state index >= 15 is 0 Å². The number of hydrogen-bond donors (Lipinski definition) is 3. The number of rotatable bonds is 10. The maximum atomic E-state index is 12.7. The molecule has 3 N–H and O–H groups in total. The number of ketones is 1. The number of likely N-dealkylation sites (tertiary alicyclic amines) is 1. The Morgan fingerprint density at radius 2 is 1.93 bits per heavy atom. The predicted octanol–water partition coefficient (Wildman–Crippen LogP) is 4.10. The van der Waals surface area contributed by atoms with Gasteiger partial charge in [0.2, 0.25) is 11.9 Å². The van der Waals surface area contributed by atoms with Crippen molar-refractivity contribution in [2.75, 3.05) is 50.2 Å². The third kappa shape index (κ3) is 6.93. The van der Waals surface area contributed by atoms with E-state index in [0.29, 0.717) is 22.8 Å². The molecule has 0 bridgehead atoms. The van der Waals surface area contributed by atoms with E-state index in [1.165, 1.54) is 31.3 Å². The van der Waals surface area contributed by atoms with Crippen molar-refractivity contribution in [1.82, 2.24) is 19.8 Å². The van der Waals surface area contributed by atoms with E-state index in [1.54, 1.807) is 42.5 Å². The number of carbonyl (C=O) groups excluding carboxylic acids is 3. The first-order valence-electron chi connectivity index (χ1n) is 12.5. The number of hydrogen-bond acceptors (Lipinski definition) is 9. The molecule has 4 rings (SSSR count). The first kappa shape index (κ1) is 28.5. The zero-order valence-electron chi connectivity index (χ0n) is 22.4. The minimum Gasteiger partial charge on any atom is -0.487 e. The highest BCUT2D eigenvalue weighted by molar-refractivity contribution is 6.43. The number of likely N-dealkylation sites (N-methyl/N-ethyl adjacent to an activating group) is 2. The topological polar surface area (TPSA) is 129 Å². The molecule has 1 unspecified atom stereocenters. The van der Waals surface area contributed by atoms with E-state index in [-0.39, 0.29) is 34.4 Å². The summed E-state index contributed by atoms with van der Waals surface area (Å²) in [5.41, 5.74) is 1.59. The second-order valence-electron chi connectivity index (χ2n) is 9.41. The van der Waals surface area contributed by atoms with Crippen molar-refractivity contribution < 1.29 is 19.1 Å². The lowest BCUT2D eigenvalue weighted by Crippen LogP contribution is -2.30. The molecule has 208 valence electrons. The molecular weight excluding hydrogens is 534 g/mol. The van der Waals surface area contributed by atoms with Gasteiger partial charge in [-0.1, -0.05) is 30.3 Å². The van der Waals surface area contributed by atoms with Gasteiger partial charge in [-0.25, -0.2) is 4.98 Å². The van der Waals surface area contributed by atoms with Crippen molar-refractivity contribution in [2.45, 2.75) is 12.5 Å². The molecule has 1 aliphatic rings. The highest BCUT2D eigenvalue weighted by atomic mass is 35.5. The molecule has 40 heavy (non-hydrogen) atoms. The van der Waals surface area contributed by atoms with E-state index in [9.17, 15) is 14.4 Å². The Morgan fingerprint density at radius 3 is 2.62 bits per heavy atom. The summed E-state index contributed by atoms with van der Waals surface area (Å²) in [4.78, 5) is 49.2. The summed E-state index contributed by atoms with van der Waals surface area (Å²) in [5, 5.41) is 9.12. The Kier molecular flexibility index (Phi) is 8.97. The van der Waals surface area contributed by atoms with E-state index < -0.39 is 11.7 Å². The number of anilines is 5. The quantitative estimate of drug-likeness (QED) is 0.190. The molecule has 3 aromatic rings. The number of Topliss-reactive ketones (excluding diaryl/α,β-unsaturated/α-hetero) is 1. The summed E-state index contributed by atoms with van der Waals surface area (Å²) < 4.78 is 6.16. The normalized spacial score (nSPS) is 14.8. The zero-order valence-corrected chi connectivity index (χ0v) is 23.2. The lowest BCUT2D eigenvalue weighted by atomic mass is 10.1. The highest BCUT2D eigenvalue weighted by Gasteiger charge is 2.23. The van der Waals surface area contributed by atoms with Gasteiger partial charge in [-0.3, -0.25) is 14.4 Å². The van der Waals surface area contributed by atoms with Gasteiger partial charge >= 0.3 is 0 Å². The largest absolute Gasteiger partial charge is 0.487 e. The molecular formula is C28H30ClN7O4. The molecule has 2 amide bonds. The SMILES string of the molecule is C=CC(=O)Nc1cc(Nc2ncc(Cl)c(Nc3ccccc3C(=O)C(=O)N(C)C)n2)ccc1OC1CCN(C)C1. The second-order valence-corrected chi connectivity index (χ2v) is 9.82. The van der Waals surface area contributed by atoms with Crippen LogP contribution in [0, 0.1) is 0 Å². The summed E-state index contributed by atoms with van der Waals surface area (Å²) >= 11 is 6.35. The monoisotopic (exact) mass is 563 g/mol. The van der Waals surface area contributed by atoms with E-state index in [4.69, 9.17) is 16.3 Å². The Morgan fingerprint density at radius 1 is 1.15 bits per heavy atom. The molecule has 1 saturated heterocycles. The lowest BCUT2D eigenvalue weighted by molar-refractivity contribution is -0.124. The van der Waals surface area contributed by atoms with E-state index in [2.05, 4.69) is 37.4 Å². The van der Waals surface area contributed by atoms with E-state index in [1.807, 2.05) is 7.05 Å². The van der Waals surface area contributed by atoms with Crippen LogP contribution in [0.4, 0.5) is 28.8 Å². The van der Waals surface area contributed by atoms with Crippen LogP contribution in [-0.4, -0.2) is 77.7 Å². The van der Waals surface area contributed by atoms with Crippen LogP contribution in [0.5, 0.6) is 5.75 Å². The number of aromatic nitrogens is 2. The van der Waals surface area contributed by atoms with Crippen molar-refractivity contribution in [1.29, 1.82) is 0 Å². The maximum absolute atomic E-state index is 12.7. The molecule has 2 aromatic carbocycles. The average molecular weight is 564 g/mol. The van der Waals surface area contributed by atoms with Crippen LogP contribution in [0.15, 0.2) is 61.3 Å². The van der Waals surface area contributed by atoms with Crippen LogP contribution in [0.25, 0.3) is 0 Å². The highest BCUT2D eigenvalue weighted by Crippen LogP contribution is 2.32. The molecule has 0 spiro atoms. The molecule has 1 aliphatic heterocycles. The summed E-state index contributed by atoms with van der Waals surface area (Å²) in [6.45, 7) is 5.25. The van der Waals surface area contributed by atoms with Crippen LogP contribution in [-0.2, 0) is 9.59 Å². The van der Waals surface area contributed by atoms with Crippen molar-refractivity contribution in [3.63, 3.8) is 0 Å². The first-order valence-corrected chi connectivity index (χ1v) is 12.9. The van der Waals surface area contributed by atoms with Gasteiger partial charge in [-0.05, 0) is 49.9 Å². The minimum absolute atomic E-state index is 0.0132. The van der Waals surface area contributed by atoms with Crippen molar-refractivity contribution in [3.05, 3.63) is 71.9 Å². The number of benzene rings is 2. The van der Waals surface area contributed by atoms with Gasteiger partial charge in [0.1, 0.15) is 16.9 Å². The molecule has 1 atom stereocenters. The Balaban J connectivity index is 1.57. The molecule has 0 aliphatic carbocycles. The van der Waals surface area contributed by atoms with Gasteiger partial charge in [-0.15, -0.1) is 0 Å². The number of halogens is 1. The number of nitrogens with zero attached hydrogens (tertiary/aromatic N) is 4. The molecule has 0 saturated carbocycles. The van der Waals surface area contributed by atoms with Crippen LogP contribution >= 0.6 is 11.6 Å². The minimum atomic E-state index is -0.669. The fraction of sp³-hybridized carbons (Fsp3) is 0.250. The van der Waals surface area contributed by atoms with Crippen molar-refractivity contribution >= 4 is 58.0 Å². The molecule has 0 radical (unpaired) electrons. The van der Waals surface area contributed by atoms with Gasteiger partial charge in [0.25, 0.3) is 11.7 Å². The summed E-state index contributed by atoms with van der Waals surface area (Å²) in [7, 11) is 5.05. The van der Waals surface area contributed by atoms with Crippen LogP contribution in [0.2, 0.25) is 5.02 Å². The Labute approximate surface area is 237 Å². The third-order valence-corrected chi connectivity index (χ3v) is 6.37. The van der Waals surface area contributed by atoms with Crippen LogP contribution in [0.1, 0.15) is 16.8 Å². The third-order valence-electron chi connectivity index (χ3n) is 6.09. The predicted molar refractivity (Wildman–Crippen MR) is 155 cm³/mol. The molecule has 11 nitrogen and oxygen atoms in total. The number of nitrogens with one attached hydrogen (secondary N) is 3. The number of amides is 2. The van der Waals surface area contributed by atoms with Gasteiger partial charge in [-0.2, -0.15) is 4.98 Å². The summed E-state index contributed by atoms with van der Waals surface area (Å²) in [5.74, 6) is -0.738. The van der Waals surface area contributed by atoms with Gasteiger partial charge in [0.15, 0.2) is 5.82 Å². The molecule has 1 aromatic heterocycles. The van der Waals surface area contributed by atoms with Crippen LogP contribution < -0.4 is 20.7 Å². The summed E-state index contributed by atoms with van der Waals surface area (Å²) in [6, 6.07) is 11.8. The number of carbonyl (C=O) groups is 3. The standard InChI is InChI=1S/C28H30ClN7O4/c1-5-24(37)32-22-14-17(10-11-23(22)40-18-12-13-36(4)16-18)31-28-30-15-20(29)26(34-28)33-21-9-7-6-8-19(21)25(38)27(39)35(2)3/h5-11,14-15,18H,1,12-13,16H2,2-4H3,(H,32,37)(H2,30,31,33,34). The van der Waals surface area contributed by atoms with Gasteiger partial charge < -0.3 is 30.5 Å². The van der Waals surface area contributed by atoms with Gasteiger partial charge in [0.05, 0.1) is 23.1 Å². The molecule has 1 fully saturated rings. The Hall–Kier alpha value is -4.48. The van der Waals surface area contributed by atoms with Crippen molar-refractivity contribution in [2.24, 2.45) is 0 Å². The smallest absolute Gasteiger partial charge is 0.294 e. The zero-order chi connectivity index (χ0) is 28.8. The molecule has 2 heterocycles. The molecule has 12 heteroatoms. The summed E-state index contributed by atoms with van der Waals surface area (Å²) in [6.07, 6.45) is 3.49. The maximum Gasteiger partial charge on any atom is 0.294 e. The fourth-order valence-corrected chi connectivity index (χ4v) is 4.18.